The van der Waals surface area contributed by atoms with Crippen molar-refractivity contribution < 1.29 is 0 Å². The van der Waals surface area contributed by atoms with E-state index in [9.17, 15) is 0 Å². The fourth-order valence-corrected chi connectivity index (χ4v) is 1.62. The van der Waals surface area contributed by atoms with Gasteiger partial charge in [-0.15, -0.1) is 0 Å². The summed E-state index contributed by atoms with van der Waals surface area (Å²) in [6, 6.07) is 0. The molecule has 2 heteroatoms. The molecule has 0 aromatic carbocycles. The minimum atomic E-state index is 0.469. The van der Waals surface area contributed by atoms with E-state index < -0.39 is 0 Å². The zero-order valence-electron chi connectivity index (χ0n) is 8.15. The second kappa shape index (κ2) is 3.11. The number of hydrogen-bond acceptors (Lipinski definition) is 2. The first kappa shape index (κ1) is 9.01. The maximum atomic E-state index is 3.32. The van der Waals surface area contributed by atoms with Crippen LogP contribution in [0.1, 0.15) is 27.2 Å². The van der Waals surface area contributed by atoms with E-state index in [-0.39, 0.29) is 0 Å². The van der Waals surface area contributed by atoms with E-state index in [2.05, 4.69) is 38.3 Å². The summed E-state index contributed by atoms with van der Waals surface area (Å²) in [4.78, 5) is 0. The van der Waals surface area contributed by atoms with Gasteiger partial charge in [0.2, 0.25) is 0 Å². The SMILES string of the molecule is CN1CC(C(C)(C)C)CCN1. The summed E-state index contributed by atoms with van der Waals surface area (Å²) in [5.41, 5.74) is 3.79. The van der Waals surface area contributed by atoms with Crippen LogP contribution in [0.3, 0.4) is 0 Å². The highest BCUT2D eigenvalue weighted by atomic mass is 15.5. The number of rotatable bonds is 0. The van der Waals surface area contributed by atoms with Crippen LogP contribution in [-0.2, 0) is 0 Å². The van der Waals surface area contributed by atoms with Gasteiger partial charge in [-0.2, -0.15) is 0 Å². The average Bonchev–Trinajstić information content (AvgIpc) is 1.86. The van der Waals surface area contributed by atoms with E-state index in [1.807, 2.05) is 0 Å². The second-order valence-corrected chi connectivity index (χ2v) is 4.64. The standard InChI is InChI=1S/C9H20N2/c1-9(2,3)8-5-6-10-11(4)7-8/h8,10H,5-7H2,1-4H3. The maximum absolute atomic E-state index is 3.32. The Balaban J connectivity index is 2.46. The minimum absolute atomic E-state index is 0.469. The highest BCUT2D eigenvalue weighted by molar-refractivity contribution is 4.78. The first-order valence-electron chi connectivity index (χ1n) is 4.45. The lowest BCUT2D eigenvalue weighted by Crippen LogP contribution is -2.47. The second-order valence-electron chi connectivity index (χ2n) is 4.64. The van der Waals surface area contributed by atoms with Crippen LogP contribution in [0.25, 0.3) is 0 Å². The molecule has 0 aromatic heterocycles. The predicted octanol–water partition coefficient (Wildman–Crippen LogP) is 1.49. The summed E-state index contributed by atoms with van der Waals surface area (Å²) in [6.45, 7) is 9.31. The quantitative estimate of drug-likeness (QED) is 0.571. The zero-order valence-corrected chi connectivity index (χ0v) is 8.15. The van der Waals surface area contributed by atoms with Gasteiger partial charge < -0.3 is 0 Å². The van der Waals surface area contributed by atoms with Crippen LogP contribution in [0, 0.1) is 11.3 Å². The Labute approximate surface area is 69.9 Å². The molecule has 1 aliphatic rings. The first-order chi connectivity index (χ1) is 5.00. The highest BCUT2D eigenvalue weighted by Crippen LogP contribution is 2.30. The number of hydrogen-bond donors (Lipinski definition) is 1. The van der Waals surface area contributed by atoms with E-state index >= 15 is 0 Å². The van der Waals surface area contributed by atoms with Gasteiger partial charge in [-0.1, -0.05) is 20.8 Å². The number of hydrazine groups is 1. The number of nitrogens with zero attached hydrogens (tertiary/aromatic N) is 1. The topological polar surface area (TPSA) is 15.3 Å². The molecular weight excluding hydrogens is 136 g/mol. The lowest BCUT2D eigenvalue weighted by molar-refractivity contribution is 0.0801. The zero-order chi connectivity index (χ0) is 8.48. The van der Waals surface area contributed by atoms with Crippen LogP contribution < -0.4 is 5.43 Å². The molecular formula is C9H20N2. The molecule has 1 fully saturated rings. The van der Waals surface area contributed by atoms with Crippen molar-refractivity contribution in [1.29, 1.82) is 0 Å². The largest absolute Gasteiger partial charge is 0.255 e. The van der Waals surface area contributed by atoms with Gasteiger partial charge in [0.1, 0.15) is 0 Å². The van der Waals surface area contributed by atoms with Crippen molar-refractivity contribution in [2.75, 3.05) is 20.1 Å². The summed E-state index contributed by atoms with van der Waals surface area (Å²) in [5, 5.41) is 2.21. The summed E-state index contributed by atoms with van der Waals surface area (Å²) >= 11 is 0. The Morgan fingerprint density at radius 2 is 2.00 bits per heavy atom. The Hall–Kier alpha value is -0.0800. The predicted molar refractivity (Wildman–Crippen MR) is 48.2 cm³/mol. The Morgan fingerprint density at radius 1 is 1.36 bits per heavy atom. The molecule has 1 saturated heterocycles. The first-order valence-corrected chi connectivity index (χ1v) is 4.45. The summed E-state index contributed by atoms with van der Waals surface area (Å²) in [6.07, 6.45) is 1.31. The molecule has 0 amide bonds. The van der Waals surface area contributed by atoms with E-state index in [4.69, 9.17) is 0 Å². The molecule has 0 radical (unpaired) electrons. The van der Waals surface area contributed by atoms with Crippen LogP contribution in [0.4, 0.5) is 0 Å². The molecule has 2 nitrogen and oxygen atoms in total. The fourth-order valence-electron chi connectivity index (χ4n) is 1.62. The van der Waals surface area contributed by atoms with Crippen LogP contribution >= 0.6 is 0 Å². The molecule has 1 N–H and O–H groups in total. The van der Waals surface area contributed by atoms with Gasteiger partial charge in [0.25, 0.3) is 0 Å². The van der Waals surface area contributed by atoms with Crippen LogP contribution in [0.2, 0.25) is 0 Å². The molecule has 0 aliphatic carbocycles. The molecule has 66 valence electrons. The van der Waals surface area contributed by atoms with Crippen molar-refractivity contribution in [3.05, 3.63) is 0 Å². The molecule has 11 heavy (non-hydrogen) atoms. The summed E-state index contributed by atoms with van der Waals surface area (Å²) < 4.78 is 0. The smallest absolute Gasteiger partial charge is 0.0161 e. The Kier molecular flexibility index (Phi) is 2.55. The van der Waals surface area contributed by atoms with Gasteiger partial charge in [-0.25, -0.2) is 5.01 Å². The van der Waals surface area contributed by atoms with Crippen molar-refractivity contribution in [3.8, 4) is 0 Å². The molecule has 0 aromatic rings. The van der Waals surface area contributed by atoms with E-state index in [1.165, 1.54) is 13.0 Å². The normalized spacial score (nSPS) is 28.9. The van der Waals surface area contributed by atoms with Crippen molar-refractivity contribution in [1.82, 2.24) is 10.4 Å². The monoisotopic (exact) mass is 156 g/mol. The molecule has 0 bridgehead atoms. The third-order valence-corrected chi connectivity index (χ3v) is 2.59. The van der Waals surface area contributed by atoms with Gasteiger partial charge in [0.15, 0.2) is 0 Å². The molecule has 0 saturated carbocycles. The maximum Gasteiger partial charge on any atom is 0.0161 e. The third kappa shape index (κ3) is 2.46. The molecule has 1 heterocycles. The Bertz CT molecular complexity index is 126. The third-order valence-electron chi connectivity index (χ3n) is 2.59. The van der Waals surface area contributed by atoms with Gasteiger partial charge >= 0.3 is 0 Å². The molecule has 1 rings (SSSR count). The summed E-state index contributed by atoms with van der Waals surface area (Å²) in [7, 11) is 2.12. The van der Waals surface area contributed by atoms with Crippen LogP contribution in [0.15, 0.2) is 0 Å². The van der Waals surface area contributed by atoms with Crippen molar-refractivity contribution >= 4 is 0 Å². The van der Waals surface area contributed by atoms with Gasteiger partial charge in [0, 0.05) is 20.1 Å². The molecule has 1 atom stereocenters. The van der Waals surface area contributed by atoms with Gasteiger partial charge in [-0.3, -0.25) is 5.43 Å². The minimum Gasteiger partial charge on any atom is -0.255 e. The molecule has 1 unspecified atom stereocenters. The van der Waals surface area contributed by atoms with Crippen LogP contribution in [0.5, 0.6) is 0 Å². The molecule has 1 aliphatic heterocycles. The van der Waals surface area contributed by atoms with Gasteiger partial charge in [-0.05, 0) is 17.8 Å². The average molecular weight is 156 g/mol. The van der Waals surface area contributed by atoms with Crippen molar-refractivity contribution in [2.45, 2.75) is 27.2 Å². The summed E-state index contributed by atoms with van der Waals surface area (Å²) in [5.74, 6) is 0.841. The van der Waals surface area contributed by atoms with E-state index in [1.54, 1.807) is 0 Å². The Morgan fingerprint density at radius 3 is 2.36 bits per heavy atom. The lowest BCUT2D eigenvalue weighted by atomic mass is 9.78. The van der Waals surface area contributed by atoms with Gasteiger partial charge in [0.05, 0.1) is 0 Å². The van der Waals surface area contributed by atoms with Crippen LogP contribution in [-0.4, -0.2) is 25.1 Å². The molecule has 0 spiro atoms. The van der Waals surface area contributed by atoms with E-state index in [0.29, 0.717) is 5.41 Å². The fraction of sp³-hybridized carbons (Fsp3) is 1.00. The lowest BCUT2D eigenvalue weighted by Gasteiger charge is -2.38. The highest BCUT2D eigenvalue weighted by Gasteiger charge is 2.27. The van der Waals surface area contributed by atoms with Crippen molar-refractivity contribution in [2.24, 2.45) is 11.3 Å². The van der Waals surface area contributed by atoms with E-state index in [0.717, 1.165) is 12.5 Å². The van der Waals surface area contributed by atoms with Crippen molar-refractivity contribution in [3.63, 3.8) is 0 Å². The number of nitrogens with one attached hydrogen (secondary N) is 1.